The van der Waals surface area contributed by atoms with Crippen LogP contribution in [-0.2, 0) is 28.6 Å². The van der Waals surface area contributed by atoms with Gasteiger partial charge in [0.05, 0.1) is 0 Å². The molecule has 0 heterocycles. The summed E-state index contributed by atoms with van der Waals surface area (Å²) in [7, 11) is 0. The lowest BCUT2D eigenvalue weighted by atomic mass is 10.0. The zero-order chi connectivity index (χ0) is 57.1. The van der Waals surface area contributed by atoms with Crippen LogP contribution in [0.1, 0.15) is 355 Å². The van der Waals surface area contributed by atoms with Crippen LogP contribution in [0.2, 0.25) is 0 Å². The highest BCUT2D eigenvalue weighted by atomic mass is 16.6. The second-order valence-corrected chi connectivity index (χ2v) is 23.1. The predicted molar refractivity (Wildman–Crippen MR) is 344 cm³/mol. The van der Waals surface area contributed by atoms with E-state index in [4.69, 9.17) is 14.2 Å². The van der Waals surface area contributed by atoms with Gasteiger partial charge in [0.2, 0.25) is 0 Å². The Bertz CT molecular complexity index is 1450. The van der Waals surface area contributed by atoms with Gasteiger partial charge in [0.1, 0.15) is 13.2 Å². The lowest BCUT2D eigenvalue weighted by Gasteiger charge is -2.18. The number of allylic oxidation sites excluding steroid dienone is 12. The SMILES string of the molecule is CC/C=C\C/C=C\C/C=C\C/C=C\CCCCCCCCC(=O)OC(COC(=O)CCCCCCCCCCC/C=C\C/C=C\CCCCC)COC(=O)CCCCCCCCCCCCCCCCCCCCCCCCC. The summed E-state index contributed by atoms with van der Waals surface area (Å²) in [5.41, 5.74) is 0. The van der Waals surface area contributed by atoms with Crippen molar-refractivity contribution >= 4 is 17.9 Å². The summed E-state index contributed by atoms with van der Waals surface area (Å²) >= 11 is 0. The summed E-state index contributed by atoms with van der Waals surface area (Å²) in [4.78, 5) is 38.5. The molecule has 79 heavy (non-hydrogen) atoms. The Morgan fingerprint density at radius 3 is 0.797 bits per heavy atom. The lowest BCUT2D eigenvalue weighted by molar-refractivity contribution is -0.167. The molecule has 0 aromatic heterocycles. The van der Waals surface area contributed by atoms with Gasteiger partial charge in [0.25, 0.3) is 0 Å². The second-order valence-electron chi connectivity index (χ2n) is 23.1. The summed E-state index contributed by atoms with van der Waals surface area (Å²) in [6, 6.07) is 0. The first-order valence-electron chi connectivity index (χ1n) is 34.4. The first kappa shape index (κ1) is 75.8. The molecule has 0 bridgehead atoms. The van der Waals surface area contributed by atoms with Crippen molar-refractivity contribution in [3.8, 4) is 0 Å². The van der Waals surface area contributed by atoms with E-state index in [0.717, 1.165) is 103 Å². The van der Waals surface area contributed by atoms with Crippen LogP contribution in [0.15, 0.2) is 72.9 Å². The maximum Gasteiger partial charge on any atom is 0.306 e. The van der Waals surface area contributed by atoms with Crippen LogP contribution in [0, 0.1) is 0 Å². The quantitative estimate of drug-likeness (QED) is 0.0261. The zero-order valence-corrected chi connectivity index (χ0v) is 52.6. The topological polar surface area (TPSA) is 78.9 Å². The van der Waals surface area contributed by atoms with E-state index in [-0.39, 0.29) is 31.1 Å². The first-order chi connectivity index (χ1) is 39.0. The normalized spacial score (nSPS) is 12.5. The van der Waals surface area contributed by atoms with Crippen molar-refractivity contribution in [2.45, 2.75) is 361 Å². The van der Waals surface area contributed by atoms with Crippen molar-refractivity contribution < 1.29 is 28.6 Å². The van der Waals surface area contributed by atoms with Crippen molar-refractivity contribution in [2.24, 2.45) is 0 Å². The molecule has 1 atom stereocenters. The van der Waals surface area contributed by atoms with E-state index in [1.807, 2.05) is 0 Å². The molecule has 0 rings (SSSR count). The average molecular weight is 1100 g/mol. The number of carbonyl (C=O) groups is 3. The summed E-state index contributed by atoms with van der Waals surface area (Å²) in [6.07, 6.45) is 87.7. The number of hydrogen-bond donors (Lipinski definition) is 0. The van der Waals surface area contributed by atoms with Crippen LogP contribution in [-0.4, -0.2) is 37.2 Å². The minimum absolute atomic E-state index is 0.0793. The van der Waals surface area contributed by atoms with Crippen LogP contribution < -0.4 is 0 Å². The van der Waals surface area contributed by atoms with E-state index in [1.54, 1.807) is 0 Å². The average Bonchev–Trinajstić information content (AvgIpc) is 3.45. The molecule has 0 aliphatic carbocycles. The minimum Gasteiger partial charge on any atom is -0.462 e. The van der Waals surface area contributed by atoms with Gasteiger partial charge in [-0.05, 0) is 89.9 Å². The van der Waals surface area contributed by atoms with Gasteiger partial charge in [-0.1, -0.05) is 318 Å². The first-order valence-corrected chi connectivity index (χ1v) is 34.4. The van der Waals surface area contributed by atoms with Crippen LogP contribution in [0.25, 0.3) is 0 Å². The van der Waals surface area contributed by atoms with Crippen LogP contribution in [0.5, 0.6) is 0 Å². The third kappa shape index (κ3) is 65.5. The summed E-state index contributed by atoms with van der Waals surface area (Å²) < 4.78 is 17.0. The van der Waals surface area contributed by atoms with E-state index in [2.05, 4.69) is 93.7 Å². The summed E-state index contributed by atoms with van der Waals surface area (Å²) in [5.74, 6) is -0.877. The predicted octanol–water partition coefficient (Wildman–Crippen LogP) is 23.7. The highest BCUT2D eigenvalue weighted by molar-refractivity contribution is 5.71. The van der Waals surface area contributed by atoms with Crippen molar-refractivity contribution in [2.75, 3.05) is 13.2 Å². The highest BCUT2D eigenvalue weighted by Crippen LogP contribution is 2.18. The fraction of sp³-hybridized carbons (Fsp3) is 0.795. The monoisotopic (exact) mass is 1100 g/mol. The van der Waals surface area contributed by atoms with Crippen molar-refractivity contribution in [1.82, 2.24) is 0 Å². The Morgan fingerprint density at radius 1 is 0.266 bits per heavy atom. The van der Waals surface area contributed by atoms with Gasteiger partial charge in [-0.3, -0.25) is 14.4 Å². The molecule has 6 heteroatoms. The second kappa shape index (κ2) is 67.4. The molecule has 0 aliphatic rings. The molecule has 0 saturated heterocycles. The highest BCUT2D eigenvalue weighted by Gasteiger charge is 2.19. The van der Waals surface area contributed by atoms with E-state index in [1.165, 1.54) is 212 Å². The number of unbranched alkanes of at least 4 members (excludes halogenated alkanes) is 40. The van der Waals surface area contributed by atoms with Gasteiger partial charge in [0, 0.05) is 19.3 Å². The molecule has 0 amide bonds. The van der Waals surface area contributed by atoms with Gasteiger partial charge < -0.3 is 14.2 Å². The number of rotatable bonds is 63. The number of carbonyl (C=O) groups excluding carboxylic acids is 3. The van der Waals surface area contributed by atoms with Gasteiger partial charge in [0.15, 0.2) is 6.10 Å². The van der Waals surface area contributed by atoms with Crippen LogP contribution >= 0.6 is 0 Å². The molecule has 0 aromatic carbocycles. The number of ether oxygens (including phenoxy) is 3. The molecule has 0 fully saturated rings. The van der Waals surface area contributed by atoms with Crippen LogP contribution in [0.3, 0.4) is 0 Å². The molecule has 458 valence electrons. The van der Waals surface area contributed by atoms with Crippen molar-refractivity contribution in [1.29, 1.82) is 0 Å². The van der Waals surface area contributed by atoms with Crippen LogP contribution in [0.4, 0.5) is 0 Å². The van der Waals surface area contributed by atoms with E-state index in [9.17, 15) is 14.4 Å². The summed E-state index contributed by atoms with van der Waals surface area (Å²) in [6.45, 7) is 6.55. The van der Waals surface area contributed by atoms with E-state index < -0.39 is 6.10 Å². The molecule has 0 aliphatic heterocycles. The van der Waals surface area contributed by atoms with E-state index >= 15 is 0 Å². The fourth-order valence-corrected chi connectivity index (χ4v) is 10.1. The summed E-state index contributed by atoms with van der Waals surface area (Å²) in [5, 5.41) is 0. The fourth-order valence-electron chi connectivity index (χ4n) is 10.1. The molecule has 0 radical (unpaired) electrons. The van der Waals surface area contributed by atoms with Crippen molar-refractivity contribution in [3.05, 3.63) is 72.9 Å². The molecule has 0 N–H and O–H groups in total. The Balaban J connectivity index is 4.35. The Kier molecular flexibility index (Phi) is 64.7. The molecular weight excluding hydrogens is 973 g/mol. The number of hydrogen-bond acceptors (Lipinski definition) is 6. The van der Waals surface area contributed by atoms with Gasteiger partial charge >= 0.3 is 17.9 Å². The largest absolute Gasteiger partial charge is 0.462 e. The van der Waals surface area contributed by atoms with E-state index in [0.29, 0.717) is 19.3 Å². The van der Waals surface area contributed by atoms with Gasteiger partial charge in [-0.2, -0.15) is 0 Å². The van der Waals surface area contributed by atoms with Crippen molar-refractivity contribution in [3.63, 3.8) is 0 Å². The third-order valence-electron chi connectivity index (χ3n) is 15.2. The Labute approximate surface area is 491 Å². The molecule has 0 saturated carbocycles. The molecule has 0 aromatic rings. The minimum atomic E-state index is -0.786. The Morgan fingerprint density at radius 2 is 0.494 bits per heavy atom. The molecular formula is C73H130O6. The maximum atomic E-state index is 12.9. The maximum absolute atomic E-state index is 12.9. The zero-order valence-electron chi connectivity index (χ0n) is 52.6. The molecule has 6 nitrogen and oxygen atoms in total. The smallest absolute Gasteiger partial charge is 0.306 e. The molecule has 1 unspecified atom stereocenters. The third-order valence-corrected chi connectivity index (χ3v) is 15.2. The van der Waals surface area contributed by atoms with Gasteiger partial charge in [-0.15, -0.1) is 0 Å². The standard InChI is InChI=1S/C73H130O6/c1-4-7-10-13-16-19-22-25-28-31-34-35-36-37-40-42-45-48-51-54-57-60-63-66-72(75)78-69-70(79-73(76)67-64-61-58-55-52-49-46-43-39-33-30-27-24-21-18-15-12-9-6-3)68-77-71(74)65-62-59-56-53-50-47-44-41-38-32-29-26-23-20-17-14-11-8-5-2/h9,12,17-18,20-21,26-27,29-30,39,43,70H,4-8,10-11,13-16,19,22-25,28,31-38,40-42,44-69H2,1-3H3/b12-9-,20-17-,21-18-,29-26-,30-27-,43-39-. The van der Waals surface area contributed by atoms with Gasteiger partial charge in [-0.25, -0.2) is 0 Å². The molecule has 0 spiro atoms. The lowest BCUT2D eigenvalue weighted by Crippen LogP contribution is -2.30. The number of esters is 3. The Hall–Kier alpha value is -3.15.